The minimum atomic E-state index is -4.80. The molecule has 3 atom stereocenters. The number of nitrogens with one attached hydrogen (secondary N) is 1. The van der Waals surface area contributed by atoms with Gasteiger partial charge in [0.05, 0.1) is 18.8 Å². The quantitative estimate of drug-likeness (QED) is 0.795. The van der Waals surface area contributed by atoms with E-state index in [9.17, 15) is 22.8 Å². The van der Waals surface area contributed by atoms with Crippen LogP contribution in [0.25, 0.3) is 11.1 Å². The number of H-pyrrole nitrogens is 1. The molecule has 154 valence electrons. The van der Waals surface area contributed by atoms with Crippen molar-refractivity contribution in [2.24, 2.45) is 11.7 Å². The standard InChI is InChI=1S/C20H19F3N2O4/c21-20(22,23)17-14(8-15(18(24)26)19(27)25-17)10-1-3-12(4-2-10)28-9-11-7-13-5-6-16(11)29-13/h1-4,8,11,13,16H,5-7,9H2,(H2,24,26)(H,25,27)/t11?,13-,16+/m0/s1. The first kappa shape index (κ1) is 19.5. The number of nitrogens with two attached hydrogens (primary N) is 1. The van der Waals surface area contributed by atoms with Gasteiger partial charge in [0.15, 0.2) is 0 Å². The largest absolute Gasteiger partial charge is 0.493 e. The molecule has 4 rings (SSSR count). The van der Waals surface area contributed by atoms with E-state index < -0.39 is 28.9 Å². The summed E-state index contributed by atoms with van der Waals surface area (Å²) in [6, 6.07) is 6.87. The zero-order chi connectivity index (χ0) is 20.8. The SMILES string of the molecule is NC(=O)c1cc(-c2ccc(OCC3C[C@@H]4CC[C@H]3O4)cc2)c(C(F)(F)F)[nH]c1=O. The smallest absolute Gasteiger partial charge is 0.431 e. The van der Waals surface area contributed by atoms with Crippen LogP contribution in [0, 0.1) is 5.92 Å². The predicted molar refractivity (Wildman–Crippen MR) is 97.5 cm³/mol. The number of amides is 1. The lowest BCUT2D eigenvalue weighted by molar-refractivity contribution is -0.140. The summed E-state index contributed by atoms with van der Waals surface area (Å²) in [5, 5.41) is 0. The summed E-state index contributed by atoms with van der Waals surface area (Å²) in [6.07, 6.45) is -1.18. The maximum absolute atomic E-state index is 13.4. The van der Waals surface area contributed by atoms with Gasteiger partial charge in [0.1, 0.15) is 17.0 Å². The van der Waals surface area contributed by atoms with Crippen LogP contribution in [0.4, 0.5) is 13.2 Å². The van der Waals surface area contributed by atoms with Gasteiger partial charge in [0, 0.05) is 11.5 Å². The van der Waals surface area contributed by atoms with Gasteiger partial charge in [-0.2, -0.15) is 13.2 Å². The predicted octanol–water partition coefficient (Wildman–Crippen LogP) is 3.11. The second-order valence-electron chi connectivity index (χ2n) is 7.37. The van der Waals surface area contributed by atoms with Crippen LogP contribution >= 0.6 is 0 Å². The Kier molecular flexibility index (Phi) is 4.85. The normalized spacial score (nSPS) is 23.3. The lowest BCUT2D eigenvalue weighted by Crippen LogP contribution is -2.27. The van der Waals surface area contributed by atoms with Crippen molar-refractivity contribution in [2.75, 3.05) is 6.61 Å². The molecule has 0 radical (unpaired) electrons. The Balaban J connectivity index is 1.57. The van der Waals surface area contributed by atoms with E-state index in [1.807, 2.05) is 0 Å². The van der Waals surface area contributed by atoms with E-state index in [0.29, 0.717) is 24.4 Å². The highest BCUT2D eigenvalue weighted by atomic mass is 19.4. The first-order chi connectivity index (χ1) is 13.7. The van der Waals surface area contributed by atoms with E-state index in [1.165, 1.54) is 12.1 Å². The monoisotopic (exact) mass is 408 g/mol. The Bertz CT molecular complexity index is 985. The number of ether oxygens (including phenoxy) is 2. The fourth-order valence-electron chi connectivity index (χ4n) is 4.02. The Hall–Kier alpha value is -2.81. The van der Waals surface area contributed by atoms with Gasteiger partial charge in [-0.3, -0.25) is 9.59 Å². The Morgan fingerprint density at radius 1 is 1.24 bits per heavy atom. The molecule has 2 saturated heterocycles. The van der Waals surface area contributed by atoms with Gasteiger partial charge >= 0.3 is 6.18 Å². The number of primary amides is 1. The van der Waals surface area contributed by atoms with Crippen LogP contribution in [0.1, 0.15) is 35.3 Å². The number of hydrogen-bond acceptors (Lipinski definition) is 4. The molecule has 6 nitrogen and oxygen atoms in total. The third-order valence-corrected chi connectivity index (χ3v) is 5.45. The van der Waals surface area contributed by atoms with E-state index >= 15 is 0 Å². The zero-order valence-electron chi connectivity index (χ0n) is 15.3. The molecule has 0 spiro atoms. The molecule has 1 amide bonds. The van der Waals surface area contributed by atoms with Crippen LogP contribution in [0.3, 0.4) is 0 Å². The van der Waals surface area contributed by atoms with Crippen molar-refractivity contribution in [3.63, 3.8) is 0 Å². The van der Waals surface area contributed by atoms with Crippen molar-refractivity contribution in [3.05, 3.63) is 51.9 Å². The van der Waals surface area contributed by atoms with Crippen LogP contribution in [0.5, 0.6) is 5.75 Å². The number of fused-ring (bicyclic) bond motifs is 2. The first-order valence-corrected chi connectivity index (χ1v) is 9.25. The molecule has 0 aliphatic carbocycles. The van der Waals surface area contributed by atoms with Gasteiger partial charge in [0.2, 0.25) is 0 Å². The van der Waals surface area contributed by atoms with Crippen molar-refractivity contribution >= 4 is 5.91 Å². The molecule has 1 aromatic carbocycles. The minimum Gasteiger partial charge on any atom is -0.493 e. The number of pyridine rings is 1. The number of aromatic amines is 1. The van der Waals surface area contributed by atoms with E-state index in [4.69, 9.17) is 15.2 Å². The number of alkyl halides is 3. The van der Waals surface area contributed by atoms with Crippen molar-refractivity contribution in [2.45, 2.75) is 37.6 Å². The van der Waals surface area contributed by atoms with Gasteiger partial charge in [-0.1, -0.05) is 12.1 Å². The van der Waals surface area contributed by atoms with Gasteiger partial charge in [-0.25, -0.2) is 0 Å². The maximum atomic E-state index is 13.4. The van der Waals surface area contributed by atoms with Crippen molar-refractivity contribution in [1.82, 2.24) is 4.98 Å². The van der Waals surface area contributed by atoms with E-state index in [0.717, 1.165) is 25.3 Å². The Labute approximate surface area is 163 Å². The highest BCUT2D eigenvalue weighted by Gasteiger charge is 2.41. The maximum Gasteiger partial charge on any atom is 0.431 e. The summed E-state index contributed by atoms with van der Waals surface area (Å²) in [4.78, 5) is 24.9. The van der Waals surface area contributed by atoms with Crippen molar-refractivity contribution in [3.8, 4) is 16.9 Å². The average molecular weight is 408 g/mol. The highest BCUT2D eigenvalue weighted by molar-refractivity contribution is 5.94. The third-order valence-electron chi connectivity index (χ3n) is 5.45. The number of aromatic nitrogens is 1. The van der Waals surface area contributed by atoms with E-state index in [2.05, 4.69) is 0 Å². The molecule has 2 aliphatic heterocycles. The van der Waals surface area contributed by atoms with E-state index in [-0.39, 0.29) is 17.2 Å². The summed E-state index contributed by atoms with van der Waals surface area (Å²) < 4.78 is 51.7. The topological polar surface area (TPSA) is 94.4 Å². The second kappa shape index (κ2) is 7.22. The van der Waals surface area contributed by atoms with Gasteiger partial charge < -0.3 is 20.2 Å². The first-order valence-electron chi connectivity index (χ1n) is 9.25. The minimum absolute atomic E-state index is 0.173. The number of halogens is 3. The molecule has 0 saturated carbocycles. The van der Waals surface area contributed by atoms with Crippen molar-refractivity contribution in [1.29, 1.82) is 0 Å². The summed E-state index contributed by atoms with van der Waals surface area (Å²) in [5.74, 6) is -0.263. The number of carbonyl (C=O) groups is 1. The second-order valence-corrected chi connectivity index (χ2v) is 7.37. The molecule has 29 heavy (non-hydrogen) atoms. The number of rotatable bonds is 5. The van der Waals surface area contributed by atoms with Crippen LogP contribution in [0.15, 0.2) is 35.1 Å². The molecule has 9 heteroatoms. The summed E-state index contributed by atoms with van der Waals surface area (Å²) in [5.41, 5.74) is 1.99. The summed E-state index contributed by atoms with van der Waals surface area (Å²) in [7, 11) is 0. The molecule has 2 aromatic rings. The lowest BCUT2D eigenvalue weighted by Gasteiger charge is -2.19. The molecular weight excluding hydrogens is 389 g/mol. The average Bonchev–Trinajstić information content (AvgIpc) is 3.29. The molecule has 3 N–H and O–H groups in total. The van der Waals surface area contributed by atoms with Crippen molar-refractivity contribution < 1.29 is 27.4 Å². The fourth-order valence-corrected chi connectivity index (χ4v) is 4.02. The fraction of sp³-hybridized carbons (Fsp3) is 0.400. The van der Waals surface area contributed by atoms with E-state index in [1.54, 1.807) is 17.1 Å². The Morgan fingerprint density at radius 2 is 1.97 bits per heavy atom. The summed E-state index contributed by atoms with van der Waals surface area (Å²) in [6.45, 7) is 0.485. The zero-order valence-corrected chi connectivity index (χ0v) is 15.3. The van der Waals surface area contributed by atoms with Crippen LogP contribution in [0.2, 0.25) is 0 Å². The highest BCUT2D eigenvalue weighted by Crippen LogP contribution is 2.39. The molecule has 1 unspecified atom stereocenters. The molecule has 2 fully saturated rings. The summed E-state index contributed by atoms with van der Waals surface area (Å²) >= 11 is 0. The molecule has 2 bridgehead atoms. The molecular formula is C20H19F3N2O4. The third kappa shape index (κ3) is 3.87. The Morgan fingerprint density at radius 3 is 2.52 bits per heavy atom. The molecule has 2 aliphatic rings. The van der Waals surface area contributed by atoms with Gasteiger partial charge in [0.25, 0.3) is 11.5 Å². The number of benzene rings is 1. The lowest BCUT2D eigenvalue weighted by atomic mass is 9.90. The van der Waals surface area contributed by atoms with Gasteiger partial charge in [-0.15, -0.1) is 0 Å². The van der Waals surface area contributed by atoms with Gasteiger partial charge in [-0.05, 0) is 43.0 Å². The van der Waals surface area contributed by atoms with Crippen LogP contribution in [-0.4, -0.2) is 29.7 Å². The molecule has 3 heterocycles. The van der Waals surface area contributed by atoms with Crippen LogP contribution < -0.4 is 16.0 Å². The molecule has 1 aromatic heterocycles. The number of carbonyl (C=O) groups excluding carboxylic acids is 1. The van der Waals surface area contributed by atoms with Crippen LogP contribution in [-0.2, 0) is 10.9 Å². The number of hydrogen-bond donors (Lipinski definition) is 2.